The maximum absolute atomic E-state index is 10.6. The summed E-state index contributed by atoms with van der Waals surface area (Å²) in [6.45, 7) is 0.246. The van der Waals surface area contributed by atoms with Crippen LogP contribution in [0.5, 0.6) is 0 Å². The number of rotatable bonds is 2. The van der Waals surface area contributed by atoms with Crippen LogP contribution in [0.1, 0.15) is 19.3 Å². The van der Waals surface area contributed by atoms with E-state index in [2.05, 4.69) is 5.32 Å². The molecule has 0 aliphatic carbocycles. The molecular weight excluding hydrogens is 146 g/mol. The standard InChI is InChI=1S/C7H13NO3/c9-5-6(10)8-7-3-1-2-4-11-7/h7,9H,1-5H2,(H,8,10). The molecule has 0 radical (unpaired) electrons. The molecule has 4 nitrogen and oxygen atoms in total. The van der Waals surface area contributed by atoms with Gasteiger partial charge in [0.15, 0.2) is 0 Å². The minimum absolute atomic E-state index is 0.177. The molecule has 0 saturated carbocycles. The van der Waals surface area contributed by atoms with E-state index >= 15 is 0 Å². The van der Waals surface area contributed by atoms with Crippen LogP contribution in [0.15, 0.2) is 0 Å². The Labute approximate surface area is 65.5 Å². The zero-order valence-corrected chi connectivity index (χ0v) is 6.38. The number of carbonyl (C=O) groups excluding carboxylic acids is 1. The lowest BCUT2D eigenvalue weighted by Gasteiger charge is -2.22. The second-order valence-electron chi connectivity index (χ2n) is 2.58. The lowest BCUT2D eigenvalue weighted by molar-refractivity contribution is -0.129. The molecule has 1 amide bonds. The van der Waals surface area contributed by atoms with Gasteiger partial charge in [-0.05, 0) is 19.3 Å². The zero-order valence-electron chi connectivity index (χ0n) is 6.38. The minimum Gasteiger partial charge on any atom is -0.387 e. The summed E-state index contributed by atoms with van der Waals surface area (Å²) in [7, 11) is 0. The number of aliphatic hydroxyl groups is 1. The Morgan fingerprint density at radius 1 is 1.64 bits per heavy atom. The fourth-order valence-electron chi connectivity index (χ4n) is 1.08. The van der Waals surface area contributed by atoms with E-state index in [-0.39, 0.29) is 12.1 Å². The Morgan fingerprint density at radius 2 is 2.45 bits per heavy atom. The Hall–Kier alpha value is -0.610. The Bertz CT molecular complexity index is 132. The van der Waals surface area contributed by atoms with Gasteiger partial charge < -0.3 is 15.2 Å². The van der Waals surface area contributed by atoms with Crippen molar-refractivity contribution in [1.29, 1.82) is 0 Å². The van der Waals surface area contributed by atoms with Crippen molar-refractivity contribution >= 4 is 5.91 Å². The van der Waals surface area contributed by atoms with Gasteiger partial charge in [0.25, 0.3) is 0 Å². The molecule has 1 aliphatic rings. The predicted octanol–water partition coefficient (Wildman–Crippen LogP) is -0.379. The fraction of sp³-hybridized carbons (Fsp3) is 0.857. The molecule has 64 valence electrons. The number of aliphatic hydroxyl groups excluding tert-OH is 1. The first-order valence-electron chi connectivity index (χ1n) is 3.85. The molecule has 1 unspecified atom stereocenters. The molecule has 0 aromatic rings. The van der Waals surface area contributed by atoms with Gasteiger partial charge in [-0.15, -0.1) is 0 Å². The molecule has 0 spiro atoms. The van der Waals surface area contributed by atoms with Gasteiger partial charge in [0, 0.05) is 6.61 Å². The molecule has 1 atom stereocenters. The van der Waals surface area contributed by atoms with Crippen molar-refractivity contribution in [3.05, 3.63) is 0 Å². The number of carbonyl (C=O) groups is 1. The highest BCUT2D eigenvalue weighted by atomic mass is 16.5. The van der Waals surface area contributed by atoms with Gasteiger partial charge in [0.1, 0.15) is 12.8 Å². The van der Waals surface area contributed by atoms with E-state index in [4.69, 9.17) is 9.84 Å². The van der Waals surface area contributed by atoms with Crippen LogP contribution in [0.4, 0.5) is 0 Å². The second-order valence-corrected chi connectivity index (χ2v) is 2.58. The van der Waals surface area contributed by atoms with Crippen molar-refractivity contribution < 1.29 is 14.6 Å². The van der Waals surface area contributed by atoms with E-state index in [9.17, 15) is 4.79 Å². The molecule has 11 heavy (non-hydrogen) atoms. The van der Waals surface area contributed by atoms with E-state index in [1.807, 2.05) is 0 Å². The third-order valence-electron chi connectivity index (χ3n) is 1.65. The van der Waals surface area contributed by atoms with Crippen molar-refractivity contribution in [2.45, 2.75) is 25.5 Å². The molecule has 1 fully saturated rings. The Kier molecular flexibility index (Phi) is 3.32. The Morgan fingerprint density at radius 3 is 3.00 bits per heavy atom. The smallest absolute Gasteiger partial charge is 0.247 e. The summed E-state index contributed by atoms with van der Waals surface area (Å²) in [5.41, 5.74) is 0. The minimum atomic E-state index is -0.458. The molecule has 1 rings (SSSR count). The molecule has 0 aromatic heterocycles. The number of amides is 1. The van der Waals surface area contributed by atoms with Gasteiger partial charge in [0.2, 0.25) is 5.91 Å². The zero-order chi connectivity index (χ0) is 8.10. The molecular formula is C7H13NO3. The average molecular weight is 159 g/mol. The van der Waals surface area contributed by atoms with E-state index in [1.54, 1.807) is 0 Å². The lowest BCUT2D eigenvalue weighted by atomic mass is 10.2. The third kappa shape index (κ3) is 2.86. The SMILES string of the molecule is O=C(CO)NC1CCCCO1. The second kappa shape index (κ2) is 4.31. The van der Waals surface area contributed by atoms with Crippen LogP contribution < -0.4 is 5.32 Å². The van der Waals surface area contributed by atoms with Crippen LogP contribution in [0, 0.1) is 0 Å². The van der Waals surface area contributed by atoms with Crippen LogP contribution in [0.25, 0.3) is 0 Å². The highest BCUT2D eigenvalue weighted by Gasteiger charge is 2.14. The maximum Gasteiger partial charge on any atom is 0.247 e. The van der Waals surface area contributed by atoms with Crippen LogP contribution in [-0.2, 0) is 9.53 Å². The predicted molar refractivity (Wildman–Crippen MR) is 38.8 cm³/mol. The lowest BCUT2D eigenvalue weighted by Crippen LogP contribution is -2.40. The van der Waals surface area contributed by atoms with Crippen LogP contribution in [-0.4, -0.2) is 30.5 Å². The highest BCUT2D eigenvalue weighted by Crippen LogP contribution is 2.09. The summed E-state index contributed by atoms with van der Waals surface area (Å²) < 4.78 is 5.21. The first-order chi connectivity index (χ1) is 5.33. The van der Waals surface area contributed by atoms with Crippen molar-refractivity contribution in [2.75, 3.05) is 13.2 Å². The number of nitrogens with one attached hydrogen (secondary N) is 1. The summed E-state index contributed by atoms with van der Waals surface area (Å²) in [5.74, 6) is -0.364. The average Bonchev–Trinajstić information content (AvgIpc) is 2.06. The van der Waals surface area contributed by atoms with Gasteiger partial charge in [-0.3, -0.25) is 4.79 Å². The molecule has 1 aliphatic heterocycles. The first-order valence-corrected chi connectivity index (χ1v) is 3.85. The van der Waals surface area contributed by atoms with Gasteiger partial charge >= 0.3 is 0 Å². The van der Waals surface area contributed by atoms with Gasteiger partial charge in [-0.2, -0.15) is 0 Å². The van der Waals surface area contributed by atoms with Crippen molar-refractivity contribution in [1.82, 2.24) is 5.32 Å². The van der Waals surface area contributed by atoms with Crippen molar-refractivity contribution in [3.63, 3.8) is 0 Å². The highest BCUT2D eigenvalue weighted by molar-refractivity contribution is 5.77. The van der Waals surface area contributed by atoms with Crippen molar-refractivity contribution in [3.8, 4) is 0 Å². The monoisotopic (exact) mass is 159 g/mol. The quantitative estimate of drug-likeness (QED) is 0.577. The molecule has 1 saturated heterocycles. The largest absolute Gasteiger partial charge is 0.387 e. The summed E-state index contributed by atoms with van der Waals surface area (Å²) >= 11 is 0. The van der Waals surface area contributed by atoms with E-state index in [1.165, 1.54) is 0 Å². The summed E-state index contributed by atoms with van der Waals surface area (Å²) in [6, 6.07) is 0. The molecule has 4 heteroatoms. The van der Waals surface area contributed by atoms with Crippen LogP contribution >= 0.6 is 0 Å². The summed E-state index contributed by atoms with van der Waals surface area (Å²) in [5, 5.41) is 11.0. The maximum atomic E-state index is 10.6. The van der Waals surface area contributed by atoms with Crippen LogP contribution in [0.3, 0.4) is 0 Å². The molecule has 0 bridgehead atoms. The van der Waals surface area contributed by atoms with Gasteiger partial charge in [0.05, 0.1) is 0 Å². The normalized spacial score (nSPS) is 24.6. The van der Waals surface area contributed by atoms with E-state index < -0.39 is 6.61 Å². The number of hydrogen-bond acceptors (Lipinski definition) is 3. The topological polar surface area (TPSA) is 58.6 Å². The van der Waals surface area contributed by atoms with Crippen molar-refractivity contribution in [2.24, 2.45) is 0 Å². The fourth-order valence-corrected chi connectivity index (χ4v) is 1.08. The third-order valence-corrected chi connectivity index (χ3v) is 1.65. The Balaban J connectivity index is 2.19. The summed E-state index contributed by atoms with van der Waals surface area (Å²) in [4.78, 5) is 10.6. The van der Waals surface area contributed by atoms with E-state index in [0.717, 1.165) is 19.3 Å². The summed E-state index contributed by atoms with van der Waals surface area (Å²) in [6.07, 6.45) is 2.82. The molecule has 1 heterocycles. The number of hydrogen-bond donors (Lipinski definition) is 2. The van der Waals surface area contributed by atoms with Gasteiger partial charge in [-0.1, -0.05) is 0 Å². The molecule has 0 aromatic carbocycles. The number of ether oxygens (including phenoxy) is 1. The van der Waals surface area contributed by atoms with Gasteiger partial charge in [-0.25, -0.2) is 0 Å². The van der Waals surface area contributed by atoms with Crippen LogP contribution in [0.2, 0.25) is 0 Å². The molecule has 2 N–H and O–H groups in total. The van der Waals surface area contributed by atoms with E-state index in [0.29, 0.717) is 6.61 Å². The first kappa shape index (κ1) is 8.49.